The lowest BCUT2D eigenvalue weighted by atomic mass is 10.4. The summed E-state index contributed by atoms with van der Waals surface area (Å²) in [6, 6.07) is 0. The predicted octanol–water partition coefficient (Wildman–Crippen LogP) is 0.330. The Balaban J connectivity index is 2.38. The summed E-state index contributed by atoms with van der Waals surface area (Å²) in [6.45, 7) is 4.36. The average Bonchev–Trinajstić information content (AvgIpc) is 2.10. The van der Waals surface area contributed by atoms with Crippen molar-refractivity contribution in [1.29, 1.82) is 0 Å². The Labute approximate surface area is 55.3 Å². The third-order valence-electron chi connectivity index (χ3n) is 1.28. The smallest absolute Gasteiger partial charge is 0.165 e. The van der Waals surface area contributed by atoms with Gasteiger partial charge in [0.2, 0.25) is 0 Å². The highest BCUT2D eigenvalue weighted by Gasteiger charge is 2.31. The standard InChI is InChI=1S/C6H12NO2/c1-6(2)8-4-5(7-3)9-6/h5H,4H2,1-3H3. The largest absolute Gasteiger partial charge is 0.346 e. The Morgan fingerprint density at radius 2 is 2.22 bits per heavy atom. The summed E-state index contributed by atoms with van der Waals surface area (Å²) >= 11 is 0. The minimum absolute atomic E-state index is 0.0556. The van der Waals surface area contributed by atoms with E-state index in [2.05, 4.69) is 5.32 Å². The maximum atomic E-state index is 5.31. The van der Waals surface area contributed by atoms with E-state index in [1.54, 1.807) is 7.05 Å². The van der Waals surface area contributed by atoms with E-state index in [0.29, 0.717) is 6.61 Å². The molecule has 0 aromatic heterocycles. The molecule has 1 atom stereocenters. The molecule has 0 aromatic carbocycles. The zero-order chi connectivity index (χ0) is 6.91. The van der Waals surface area contributed by atoms with E-state index >= 15 is 0 Å². The Hall–Kier alpha value is -0.120. The van der Waals surface area contributed by atoms with Gasteiger partial charge in [0.15, 0.2) is 5.79 Å². The summed E-state index contributed by atoms with van der Waals surface area (Å²) in [5, 5.41) is 3.94. The van der Waals surface area contributed by atoms with E-state index in [1.165, 1.54) is 0 Å². The molecule has 9 heavy (non-hydrogen) atoms. The van der Waals surface area contributed by atoms with Crippen molar-refractivity contribution in [2.75, 3.05) is 13.7 Å². The molecule has 0 N–H and O–H groups in total. The first-order valence-corrected chi connectivity index (χ1v) is 3.05. The van der Waals surface area contributed by atoms with Crippen molar-refractivity contribution in [3.63, 3.8) is 0 Å². The van der Waals surface area contributed by atoms with Crippen molar-refractivity contribution < 1.29 is 9.47 Å². The molecule has 3 heteroatoms. The Morgan fingerprint density at radius 3 is 2.44 bits per heavy atom. The third-order valence-corrected chi connectivity index (χ3v) is 1.28. The second-order valence-corrected chi connectivity index (χ2v) is 2.54. The van der Waals surface area contributed by atoms with Crippen molar-refractivity contribution in [2.24, 2.45) is 0 Å². The molecule has 3 nitrogen and oxygen atoms in total. The highest BCUT2D eigenvalue weighted by Crippen LogP contribution is 2.20. The second kappa shape index (κ2) is 2.25. The zero-order valence-electron chi connectivity index (χ0n) is 6.05. The molecule has 1 heterocycles. The van der Waals surface area contributed by atoms with Gasteiger partial charge in [0.25, 0.3) is 0 Å². The van der Waals surface area contributed by atoms with Crippen LogP contribution in [0.5, 0.6) is 0 Å². The van der Waals surface area contributed by atoms with Gasteiger partial charge in [0.05, 0.1) is 6.61 Å². The molecule has 0 saturated carbocycles. The number of nitrogens with zero attached hydrogens (tertiary/aromatic N) is 1. The van der Waals surface area contributed by atoms with Gasteiger partial charge >= 0.3 is 0 Å². The first-order chi connectivity index (χ1) is 4.14. The summed E-state index contributed by atoms with van der Waals surface area (Å²) < 4.78 is 10.5. The van der Waals surface area contributed by atoms with E-state index in [9.17, 15) is 0 Å². The lowest BCUT2D eigenvalue weighted by molar-refractivity contribution is -0.141. The van der Waals surface area contributed by atoms with Crippen LogP contribution < -0.4 is 5.32 Å². The van der Waals surface area contributed by atoms with E-state index < -0.39 is 5.79 Å². The summed E-state index contributed by atoms with van der Waals surface area (Å²) in [7, 11) is 1.73. The van der Waals surface area contributed by atoms with Gasteiger partial charge in [0.1, 0.15) is 6.23 Å². The zero-order valence-corrected chi connectivity index (χ0v) is 6.05. The highest BCUT2D eigenvalue weighted by molar-refractivity contribution is 4.66. The maximum Gasteiger partial charge on any atom is 0.165 e. The Kier molecular flexibility index (Phi) is 1.75. The van der Waals surface area contributed by atoms with Gasteiger partial charge in [-0.1, -0.05) is 0 Å². The van der Waals surface area contributed by atoms with Gasteiger partial charge < -0.3 is 9.47 Å². The quantitative estimate of drug-likeness (QED) is 0.512. The van der Waals surface area contributed by atoms with E-state index in [-0.39, 0.29) is 6.23 Å². The van der Waals surface area contributed by atoms with Gasteiger partial charge in [-0.25, -0.2) is 5.32 Å². The summed E-state index contributed by atoms with van der Waals surface area (Å²) in [6.07, 6.45) is -0.0556. The van der Waals surface area contributed by atoms with Crippen LogP contribution in [0.4, 0.5) is 0 Å². The van der Waals surface area contributed by atoms with Crippen molar-refractivity contribution in [3.05, 3.63) is 0 Å². The molecule has 0 aliphatic carbocycles. The van der Waals surface area contributed by atoms with Crippen molar-refractivity contribution in [3.8, 4) is 0 Å². The molecular weight excluding hydrogens is 118 g/mol. The molecule has 1 saturated heterocycles. The predicted molar refractivity (Wildman–Crippen MR) is 33.0 cm³/mol. The molecule has 1 fully saturated rings. The molecule has 53 valence electrons. The third kappa shape index (κ3) is 1.64. The van der Waals surface area contributed by atoms with Crippen LogP contribution in [-0.2, 0) is 9.47 Å². The average molecular weight is 130 g/mol. The Bertz CT molecular complexity index is 103. The topological polar surface area (TPSA) is 32.6 Å². The summed E-state index contributed by atoms with van der Waals surface area (Å²) in [5.41, 5.74) is 0. The Morgan fingerprint density at radius 1 is 1.56 bits per heavy atom. The summed E-state index contributed by atoms with van der Waals surface area (Å²) in [5.74, 6) is -0.426. The van der Waals surface area contributed by atoms with E-state index in [0.717, 1.165) is 0 Å². The number of rotatable bonds is 1. The number of hydrogen-bond acceptors (Lipinski definition) is 2. The van der Waals surface area contributed by atoms with Crippen LogP contribution in [0.15, 0.2) is 0 Å². The van der Waals surface area contributed by atoms with Crippen LogP contribution in [0.1, 0.15) is 13.8 Å². The maximum absolute atomic E-state index is 5.31. The van der Waals surface area contributed by atoms with Crippen molar-refractivity contribution >= 4 is 0 Å². The van der Waals surface area contributed by atoms with Crippen molar-refractivity contribution in [1.82, 2.24) is 5.32 Å². The molecule has 1 aliphatic heterocycles. The molecule has 1 aliphatic rings. The first kappa shape index (κ1) is 6.99. The fourth-order valence-electron chi connectivity index (χ4n) is 0.795. The van der Waals surface area contributed by atoms with Gasteiger partial charge in [-0.05, 0) is 13.8 Å². The SMILES string of the molecule is C[N]C1COC(C)(C)O1. The van der Waals surface area contributed by atoms with Gasteiger partial charge in [-0.15, -0.1) is 0 Å². The van der Waals surface area contributed by atoms with Crippen molar-refractivity contribution in [2.45, 2.75) is 25.9 Å². The monoisotopic (exact) mass is 130 g/mol. The van der Waals surface area contributed by atoms with Crippen LogP contribution in [0, 0.1) is 0 Å². The van der Waals surface area contributed by atoms with Gasteiger partial charge in [0, 0.05) is 7.05 Å². The molecular formula is C6H12NO2. The number of hydrogen-bond donors (Lipinski definition) is 0. The minimum Gasteiger partial charge on any atom is -0.346 e. The lowest BCUT2D eigenvalue weighted by Gasteiger charge is -2.15. The number of ether oxygens (including phenoxy) is 2. The molecule has 0 aromatic rings. The molecule has 1 unspecified atom stereocenters. The van der Waals surface area contributed by atoms with Crippen LogP contribution in [0.3, 0.4) is 0 Å². The lowest BCUT2D eigenvalue weighted by Crippen LogP contribution is -2.25. The molecule has 1 rings (SSSR count). The van der Waals surface area contributed by atoms with Gasteiger partial charge in [-0.2, -0.15) is 0 Å². The van der Waals surface area contributed by atoms with Crippen LogP contribution in [-0.4, -0.2) is 25.7 Å². The fraction of sp³-hybridized carbons (Fsp3) is 1.00. The highest BCUT2D eigenvalue weighted by atomic mass is 16.7. The molecule has 0 bridgehead atoms. The van der Waals surface area contributed by atoms with Crippen LogP contribution in [0.25, 0.3) is 0 Å². The molecule has 0 amide bonds. The molecule has 0 spiro atoms. The summed E-state index contributed by atoms with van der Waals surface area (Å²) in [4.78, 5) is 0. The van der Waals surface area contributed by atoms with Crippen LogP contribution >= 0.6 is 0 Å². The van der Waals surface area contributed by atoms with Crippen LogP contribution in [0.2, 0.25) is 0 Å². The fourth-order valence-corrected chi connectivity index (χ4v) is 0.795. The van der Waals surface area contributed by atoms with E-state index in [4.69, 9.17) is 9.47 Å². The normalized spacial score (nSPS) is 33.0. The van der Waals surface area contributed by atoms with E-state index in [1.807, 2.05) is 13.8 Å². The number of likely N-dealkylation sites (N-methyl/N-ethyl adjacent to an activating group) is 1. The first-order valence-electron chi connectivity index (χ1n) is 3.05. The van der Waals surface area contributed by atoms with Gasteiger partial charge in [-0.3, -0.25) is 0 Å². The second-order valence-electron chi connectivity index (χ2n) is 2.54. The minimum atomic E-state index is -0.426. The molecule has 1 radical (unpaired) electrons.